The molecule has 0 spiro atoms. The number of rotatable bonds is 5. The number of benzene rings is 2. The highest BCUT2D eigenvalue weighted by Crippen LogP contribution is 2.21. The monoisotopic (exact) mass is 369 g/mol. The summed E-state index contributed by atoms with van der Waals surface area (Å²) in [4.78, 5) is 27.8. The van der Waals surface area contributed by atoms with Gasteiger partial charge in [0.05, 0.1) is 10.4 Å². The minimum atomic E-state index is -0.208. The molecule has 1 amide bonds. The number of hydrogen-bond acceptors (Lipinski definition) is 3. The number of ketones is 1. The van der Waals surface area contributed by atoms with Crippen molar-refractivity contribution in [3.8, 4) is 0 Å². The molecule has 0 aliphatic heterocycles. The van der Waals surface area contributed by atoms with Crippen LogP contribution in [0.4, 0.5) is 0 Å². The van der Waals surface area contributed by atoms with E-state index in [-0.39, 0.29) is 11.7 Å². The predicted molar refractivity (Wildman–Crippen MR) is 101 cm³/mol. The maximum Gasteiger partial charge on any atom is 0.254 e. The van der Waals surface area contributed by atoms with Crippen LogP contribution >= 0.6 is 22.9 Å². The van der Waals surface area contributed by atoms with Crippen LogP contribution in [0.5, 0.6) is 0 Å². The summed E-state index contributed by atoms with van der Waals surface area (Å²) >= 11 is 7.54. The van der Waals surface area contributed by atoms with E-state index in [1.807, 2.05) is 29.6 Å². The van der Waals surface area contributed by atoms with Gasteiger partial charge in [0.15, 0.2) is 0 Å². The number of hydrogen-bond donors (Lipinski definition) is 0. The third kappa shape index (κ3) is 3.81. The molecule has 3 nitrogen and oxygen atoms in total. The first-order valence-electron chi connectivity index (χ1n) is 7.74. The molecule has 0 unspecified atom stereocenters. The van der Waals surface area contributed by atoms with Crippen LogP contribution in [0.15, 0.2) is 66.0 Å². The fraction of sp³-hybridized carbons (Fsp3) is 0.100. The molecule has 0 bridgehead atoms. The molecular weight excluding hydrogens is 354 g/mol. The minimum Gasteiger partial charge on any atom is -0.337 e. The second-order valence-electron chi connectivity index (χ2n) is 5.60. The van der Waals surface area contributed by atoms with Crippen molar-refractivity contribution in [2.75, 3.05) is 7.05 Å². The number of carbonyl (C=O) groups is 2. The Morgan fingerprint density at radius 2 is 1.64 bits per heavy atom. The molecule has 5 heteroatoms. The van der Waals surface area contributed by atoms with Gasteiger partial charge in [-0.2, -0.15) is 0 Å². The van der Waals surface area contributed by atoms with Crippen molar-refractivity contribution in [3.05, 3.63) is 92.6 Å². The Hall–Kier alpha value is -2.43. The van der Waals surface area contributed by atoms with Gasteiger partial charge in [0.25, 0.3) is 5.91 Å². The molecule has 0 saturated heterocycles. The van der Waals surface area contributed by atoms with E-state index in [0.29, 0.717) is 27.6 Å². The minimum absolute atomic E-state index is 0.134. The quantitative estimate of drug-likeness (QED) is 0.599. The van der Waals surface area contributed by atoms with Crippen LogP contribution in [0, 0.1) is 0 Å². The Morgan fingerprint density at radius 1 is 0.960 bits per heavy atom. The average Bonchev–Trinajstić information content (AvgIpc) is 3.17. The fourth-order valence-corrected chi connectivity index (χ4v) is 3.44. The van der Waals surface area contributed by atoms with Gasteiger partial charge < -0.3 is 4.90 Å². The molecule has 25 heavy (non-hydrogen) atoms. The molecule has 1 aromatic heterocycles. The van der Waals surface area contributed by atoms with Crippen molar-refractivity contribution in [3.63, 3.8) is 0 Å². The van der Waals surface area contributed by atoms with Gasteiger partial charge in [-0.05, 0) is 29.1 Å². The summed E-state index contributed by atoms with van der Waals surface area (Å²) < 4.78 is 0. The van der Waals surface area contributed by atoms with Crippen LogP contribution in [-0.4, -0.2) is 23.6 Å². The third-order valence-electron chi connectivity index (χ3n) is 3.86. The fourth-order valence-electron chi connectivity index (χ4n) is 2.57. The first kappa shape index (κ1) is 17.4. The lowest BCUT2D eigenvalue weighted by molar-refractivity contribution is 0.0780. The highest BCUT2D eigenvalue weighted by atomic mass is 35.5. The zero-order valence-electron chi connectivity index (χ0n) is 13.6. The molecule has 3 aromatic rings. The van der Waals surface area contributed by atoms with Gasteiger partial charge in [-0.15, -0.1) is 11.3 Å². The normalized spacial score (nSPS) is 10.5. The largest absolute Gasteiger partial charge is 0.337 e. The zero-order valence-corrected chi connectivity index (χ0v) is 15.2. The first-order valence-corrected chi connectivity index (χ1v) is 9.00. The number of nitrogens with zero attached hydrogens (tertiary/aromatic N) is 1. The van der Waals surface area contributed by atoms with Crippen molar-refractivity contribution >= 4 is 34.6 Å². The topological polar surface area (TPSA) is 37.4 Å². The van der Waals surface area contributed by atoms with Crippen molar-refractivity contribution in [1.29, 1.82) is 0 Å². The molecule has 1 heterocycles. The molecule has 2 aromatic carbocycles. The molecule has 0 aliphatic carbocycles. The Balaban J connectivity index is 1.87. The van der Waals surface area contributed by atoms with Crippen molar-refractivity contribution in [2.24, 2.45) is 0 Å². The van der Waals surface area contributed by atoms with Gasteiger partial charge in [0.2, 0.25) is 5.78 Å². The van der Waals surface area contributed by atoms with Crippen LogP contribution in [0.1, 0.15) is 31.2 Å². The van der Waals surface area contributed by atoms with Crippen LogP contribution < -0.4 is 0 Å². The number of thiophene rings is 1. The molecular formula is C20H16ClNO2S. The Labute approximate surface area is 155 Å². The van der Waals surface area contributed by atoms with Crippen molar-refractivity contribution < 1.29 is 9.59 Å². The van der Waals surface area contributed by atoms with E-state index in [9.17, 15) is 9.59 Å². The zero-order chi connectivity index (χ0) is 17.8. The summed E-state index contributed by atoms with van der Waals surface area (Å²) in [5.74, 6) is -0.342. The van der Waals surface area contributed by atoms with E-state index >= 15 is 0 Å². The maximum atomic E-state index is 12.9. The number of carbonyl (C=O) groups excluding carboxylic acids is 2. The Kier molecular flexibility index (Phi) is 5.31. The van der Waals surface area contributed by atoms with E-state index in [2.05, 4.69) is 0 Å². The first-order chi connectivity index (χ1) is 12.1. The van der Waals surface area contributed by atoms with Gasteiger partial charge in [0.1, 0.15) is 0 Å². The lowest BCUT2D eigenvalue weighted by Gasteiger charge is -2.19. The Morgan fingerprint density at radius 3 is 2.32 bits per heavy atom. The van der Waals surface area contributed by atoms with Gasteiger partial charge >= 0.3 is 0 Å². The lowest BCUT2D eigenvalue weighted by Crippen LogP contribution is -2.28. The van der Waals surface area contributed by atoms with Crippen molar-refractivity contribution in [1.82, 2.24) is 4.90 Å². The average molecular weight is 370 g/mol. The molecule has 0 saturated carbocycles. The summed E-state index contributed by atoms with van der Waals surface area (Å²) in [6, 6.07) is 17.9. The molecule has 126 valence electrons. The molecule has 0 radical (unpaired) electrons. The second kappa shape index (κ2) is 7.64. The number of halogens is 1. The summed E-state index contributed by atoms with van der Waals surface area (Å²) in [7, 11) is 1.71. The van der Waals surface area contributed by atoms with Crippen molar-refractivity contribution in [2.45, 2.75) is 6.54 Å². The molecule has 0 aliphatic rings. The SMILES string of the molecule is CN(Cc1ccccc1Cl)C(=O)c1ccccc1C(=O)c1cccs1. The van der Waals surface area contributed by atoms with E-state index in [1.54, 1.807) is 48.3 Å². The van der Waals surface area contributed by atoms with E-state index in [4.69, 9.17) is 11.6 Å². The smallest absolute Gasteiger partial charge is 0.254 e. The summed E-state index contributed by atoms with van der Waals surface area (Å²) in [5, 5.41) is 2.46. The van der Waals surface area contributed by atoms with Crippen LogP contribution in [0.3, 0.4) is 0 Å². The standard InChI is InChI=1S/C20H16ClNO2S/c1-22(13-14-7-2-5-10-17(14)21)20(24)16-9-4-3-8-15(16)19(23)18-11-6-12-25-18/h2-12H,13H2,1H3. The summed E-state index contributed by atoms with van der Waals surface area (Å²) in [6.45, 7) is 0.375. The summed E-state index contributed by atoms with van der Waals surface area (Å²) in [6.07, 6.45) is 0. The van der Waals surface area contributed by atoms with E-state index < -0.39 is 0 Å². The molecule has 0 N–H and O–H groups in total. The molecule has 0 fully saturated rings. The summed E-state index contributed by atoms with van der Waals surface area (Å²) in [5.41, 5.74) is 1.68. The number of amides is 1. The molecule has 0 atom stereocenters. The molecule has 3 rings (SSSR count). The maximum absolute atomic E-state index is 12.9. The van der Waals surface area contributed by atoms with Gasteiger partial charge in [0, 0.05) is 24.2 Å². The second-order valence-corrected chi connectivity index (χ2v) is 6.96. The predicted octanol–water partition coefficient (Wildman–Crippen LogP) is 4.90. The van der Waals surface area contributed by atoms with Gasteiger partial charge in [-0.25, -0.2) is 0 Å². The van der Waals surface area contributed by atoms with Gasteiger partial charge in [-0.3, -0.25) is 9.59 Å². The van der Waals surface area contributed by atoms with E-state index in [1.165, 1.54) is 11.3 Å². The van der Waals surface area contributed by atoms with Crippen LogP contribution in [-0.2, 0) is 6.54 Å². The van der Waals surface area contributed by atoms with Gasteiger partial charge in [-0.1, -0.05) is 54.1 Å². The highest BCUT2D eigenvalue weighted by Gasteiger charge is 2.21. The highest BCUT2D eigenvalue weighted by molar-refractivity contribution is 7.12. The van der Waals surface area contributed by atoms with Crippen LogP contribution in [0.2, 0.25) is 5.02 Å². The van der Waals surface area contributed by atoms with Crippen LogP contribution in [0.25, 0.3) is 0 Å². The third-order valence-corrected chi connectivity index (χ3v) is 5.10. The lowest BCUT2D eigenvalue weighted by atomic mass is 10.0. The Bertz CT molecular complexity index is 906. The van der Waals surface area contributed by atoms with E-state index in [0.717, 1.165) is 5.56 Å².